The summed E-state index contributed by atoms with van der Waals surface area (Å²) in [5, 5.41) is 3.10. The second kappa shape index (κ2) is 4.52. The van der Waals surface area contributed by atoms with Crippen LogP contribution < -0.4 is 5.32 Å². The van der Waals surface area contributed by atoms with Gasteiger partial charge < -0.3 is 10.2 Å². The van der Waals surface area contributed by atoms with E-state index in [2.05, 4.69) is 33.0 Å². The number of carbonyl (C=O) groups excluding carboxylic acids is 1. The number of nitrogens with zero attached hydrogens (tertiary/aromatic N) is 1. The van der Waals surface area contributed by atoms with Crippen molar-refractivity contribution >= 4 is 5.91 Å². The SMILES string of the molecule is CNC1CCCN(C(C)C(C)(C)C)C1=O. The lowest BCUT2D eigenvalue weighted by Gasteiger charge is -2.42. The van der Waals surface area contributed by atoms with Crippen molar-refractivity contribution in [1.29, 1.82) is 0 Å². The minimum absolute atomic E-state index is 0.0311. The molecule has 0 aromatic carbocycles. The Morgan fingerprint density at radius 1 is 1.47 bits per heavy atom. The van der Waals surface area contributed by atoms with Crippen LogP contribution in [-0.4, -0.2) is 36.5 Å². The molecule has 1 aliphatic heterocycles. The normalized spacial score (nSPS) is 25.5. The predicted molar refractivity (Wildman–Crippen MR) is 62.7 cm³/mol. The van der Waals surface area contributed by atoms with E-state index in [9.17, 15) is 4.79 Å². The van der Waals surface area contributed by atoms with Crippen LogP contribution in [0.1, 0.15) is 40.5 Å². The molecule has 0 aliphatic carbocycles. The van der Waals surface area contributed by atoms with Crippen molar-refractivity contribution in [3.8, 4) is 0 Å². The molecule has 0 aromatic rings. The molecule has 0 spiro atoms. The molecule has 0 bridgehead atoms. The van der Waals surface area contributed by atoms with E-state index < -0.39 is 0 Å². The molecule has 3 heteroatoms. The first kappa shape index (κ1) is 12.5. The molecule has 3 nitrogen and oxygen atoms in total. The standard InChI is InChI=1S/C12H24N2O/c1-9(12(2,3)4)14-8-6-7-10(13-5)11(14)15/h9-10,13H,6-8H2,1-5H3. The summed E-state index contributed by atoms with van der Waals surface area (Å²) in [6, 6.07) is 0.338. The topological polar surface area (TPSA) is 32.3 Å². The summed E-state index contributed by atoms with van der Waals surface area (Å²) in [4.78, 5) is 14.1. The number of hydrogen-bond donors (Lipinski definition) is 1. The van der Waals surface area contributed by atoms with Gasteiger partial charge in [0, 0.05) is 12.6 Å². The fourth-order valence-electron chi connectivity index (χ4n) is 2.02. The lowest BCUT2D eigenvalue weighted by molar-refractivity contribution is -0.140. The molecular formula is C12H24N2O. The number of piperidine rings is 1. The van der Waals surface area contributed by atoms with Crippen LogP contribution in [0.25, 0.3) is 0 Å². The molecule has 2 atom stereocenters. The van der Waals surface area contributed by atoms with Crippen LogP contribution in [0.5, 0.6) is 0 Å². The Labute approximate surface area is 93.2 Å². The maximum atomic E-state index is 12.1. The smallest absolute Gasteiger partial charge is 0.239 e. The van der Waals surface area contributed by atoms with E-state index in [0.717, 1.165) is 19.4 Å². The van der Waals surface area contributed by atoms with Crippen molar-refractivity contribution in [3.63, 3.8) is 0 Å². The highest BCUT2D eigenvalue weighted by atomic mass is 16.2. The highest BCUT2D eigenvalue weighted by molar-refractivity contribution is 5.82. The van der Waals surface area contributed by atoms with Crippen molar-refractivity contribution in [2.24, 2.45) is 5.41 Å². The van der Waals surface area contributed by atoms with Gasteiger partial charge in [0.1, 0.15) is 0 Å². The Morgan fingerprint density at radius 2 is 2.07 bits per heavy atom. The Hall–Kier alpha value is -0.570. The molecule has 0 radical (unpaired) electrons. The van der Waals surface area contributed by atoms with E-state index in [4.69, 9.17) is 0 Å². The summed E-state index contributed by atoms with van der Waals surface area (Å²) in [5.41, 5.74) is 0.158. The van der Waals surface area contributed by atoms with Crippen LogP contribution in [0.2, 0.25) is 0 Å². The molecule has 2 unspecified atom stereocenters. The number of likely N-dealkylation sites (N-methyl/N-ethyl adjacent to an activating group) is 1. The summed E-state index contributed by atoms with van der Waals surface area (Å²) < 4.78 is 0. The molecule has 1 rings (SSSR count). The van der Waals surface area contributed by atoms with Crippen molar-refractivity contribution in [3.05, 3.63) is 0 Å². The molecule has 1 N–H and O–H groups in total. The zero-order valence-electron chi connectivity index (χ0n) is 10.6. The number of nitrogens with one attached hydrogen (secondary N) is 1. The van der Waals surface area contributed by atoms with Crippen LogP contribution in [0, 0.1) is 5.41 Å². The van der Waals surface area contributed by atoms with Gasteiger partial charge in [0.15, 0.2) is 0 Å². The van der Waals surface area contributed by atoms with E-state index in [1.165, 1.54) is 0 Å². The van der Waals surface area contributed by atoms with E-state index in [1.54, 1.807) is 0 Å². The fraction of sp³-hybridized carbons (Fsp3) is 0.917. The lowest BCUT2D eigenvalue weighted by Crippen LogP contribution is -2.55. The Kier molecular flexibility index (Phi) is 3.77. The summed E-state index contributed by atoms with van der Waals surface area (Å²) in [5.74, 6) is 0.270. The summed E-state index contributed by atoms with van der Waals surface area (Å²) >= 11 is 0. The highest BCUT2D eigenvalue weighted by Gasteiger charge is 2.35. The van der Waals surface area contributed by atoms with Gasteiger partial charge >= 0.3 is 0 Å². The highest BCUT2D eigenvalue weighted by Crippen LogP contribution is 2.27. The van der Waals surface area contributed by atoms with Crippen molar-refractivity contribution in [2.45, 2.75) is 52.6 Å². The molecule has 0 aromatic heterocycles. The third kappa shape index (κ3) is 2.71. The van der Waals surface area contributed by atoms with Gasteiger partial charge in [-0.3, -0.25) is 4.79 Å². The average Bonchev–Trinajstić information content (AvgIpc) is 2.16. The summed E-state index contributed by atoms with van der Waals surface area (Å²) in [7, 11) is 1.87. The largest absolute Gasteiger partial charge is 0.338 e. The van der Waals surface area contributed by atoms with Crippen molar-refractivity contribution in [2.75, 3.05) is 13.6 Å². The van der Waals surface area contributed by atoms with E-state index in [-0.39, 0.29) is 17.4 Å². The molecule has 0 saturated carbocycles. The van der Waals surface area contributed by atoms with Gasteiger partial charge in [-0.05, 0) is 32.2 Å². The molecular weight excluding hydrogens is 188 g/mol. The van der Waals surface area contributed by atoms with Crippen molar-refractivity contribution < 1.29 is 4.79 Å². The maximum Gasteiger partial charge on any atom is 0.239 e. The van der Waals surface area contributed by atoms with Crippen molar-refractivity contribution in [1.82, 2.24) is 10.2 Å². The molecule has 1 aliphatic rings. The number of likely N-dealkylation sites (tertiary alicyclic amines) is 1. The minimum atomic E-state index is 0.0311. The predicted octanol–water partition coefficient (Wildman–Crippen LogP) is 1.63. The maximum absolute atomic E-state index is 12.1. The molecule has 1 fully saturated rings. The molecule has 1 saturated heterocycles. The van der Waals surface area contributed by atoms with Gasteiger partial charge in [-0.25, -0.2) is 0 Å². The number of carbonyl (C=O) groups is 1. The summed E-state index contributed by atoms with van der Waals surface area (Å²) in [6.45, 7) is 9.63. The Morgan fingerprint density at radius 3 is 2.53 bits per heavy atom. The second-order valence-electron chi connectivity index (χ2n) is 5.56. The van der Waals surface area contributed by atoms with Crippen LogP contribution in [0.3, 0.4) is 0 Å². The van der Waals surface area contributed by atoms with Gasteiger partial charge in [-0.2, -0.15) is 0 Å². The van der Waals surface area contributed by atoms with Gasteiger partial charge in [0.05, 0.1) is 6.04 Å². The molecule has 1 amide bonds. The first-order chi connectivity index (χ1) is 6.88. The van der Waals surface area contributed by atoms with Crippen LogP contribution >= 0.6 is 0 Å². The van der Waals surface area contributed by atoms with Gasteiger partial charge in [-0.1, -0.05) is 20.8 Å². The number of rotatable bonds is 2. The average molecular weight is 212 g/mol. The number of hydrogen-bond acceptors (Lipinski definition) is 2. The first-order valence-corrected chi connectivity index (χ1v) is 5.85. The molecule has 88 valence electrons. The monoisotopic (exact) mass is 212 g/mol. The lowest BCUT2D eigenvalue weighted by atomic mass is 9.85. The molecule has 1 heterocycles. The zero-order chi connectivity index (χ0) is 11.6. The van der Waals surface area contributed by atoms with E-state index in [1.807, 2.05) is 11.9 Å². The van der Waals surface area contributed by atoms with E-state index in [0.29, 0.717) is 6.04 Å². The van der Waals surface area contributed by atoms with Gasteiger partial charge in [0.2, 0.25) is 5.91 Å². The van der Waals surface area contributed by atoms with Gasteiger partial charge in [-0.15, -0.1) is 0 Å². The Bertz CT molecular complexity index is 232. The van der Waals surface area contributed by atoms with E-state index >= 15 is 0 Å². The quantitative estimate of drug-likeness (QED) is 0.754. The fourth-order valence-corrected chi connectivity index (χ4v) is 2.02. The first-order valence-electron chi connectivity index (χ1n) is 5.85. The van der Waals surface area contributed by atoms with Crippen LogP contribution in [0.15, 0.2) is 0 Å². The molecule has 15 heavy (non-hydrogen) atoms. The second-order valence-corrected chi connectivity index (χ2v) is 5.56. The third-order valence-electron chi connectivity index (χ3n) is 3.54. The summed E-state index contributed by atoms with van der Waals surface area (Å²) in [6.07, 6.45) is 2.08. The van der Waals surface area contributed by atoms with Crippen LogP contribution in [0.4, 0.5) is 0 Å². The third-order valence-corrected chi connectivity index (χ3v) is 3.54. The number of amides is 1. The zero-order valence-corrected chi connectivity index (χ0v) is 10.6. The van der Waals surface area contributed by atoms with Gasteiger partial charge in [0.25, 0.3) is 0 Å². The minimum Gasteiger partial charge on any atom is -0.338 e. The Balaban J connectivity index is 2.73. The van der Waals surface area contributed by atoms with Crippen LogP contribution in [-0.2, 0) is 4.79 Å².